The van der Waals surface area contributed by atoms with Crippen molar-refractivity contribution in [2.75, 3.05) is 68.5 Å². The van der Waals surface area contributed by atoms with Crippen LogP contribution >= 0.6 is 0 Å². The SMILES string of the molecule is COc1ccc(F)cc1C(=O)NCc1ccc(-c2nn(-c3ccc(N4CCC(CN5CCN(c6ccc7c(c6)C(=O)N(C6CCC(=O)NC6=O)C7=O)CC5)CC4)c(F)c3)c3ncnc(N)c23)cc1. The quantitative estimate of drug-likeness (QED) is 0.151. The van der Waals surface area contributed by atoms with Crippen molar-refractivity contribution < 1.29 is 37.5 Å². The number of ether oxygens (including phenoxy) is 1. The first-order valence-electron chi connectivity index (χ1n) is 22.5. The first kappa shape index (κ1) is 44.1. The zero-order valence-corrected chi connectivity index (χ0v) is 37.1. The van der Waals surface area contributed by atoms with E-state index in [1.807, 2.05) is 36.4 Å². The average molecular weight is 924 g/mol. The van der Waals surface area contributed by atoms with Crippen LogP contribution in [0.4, 0.5) is 26.0 Å². The Labute approximate surface area is 388 Å². The van der Waals surface area contributed by atoms with Crippen LogP contribution in [0.5, 0.6) is 5.75 Å². The highest BCUT2D eigenvalue weighted by Crippen LogP contribution is 2.35. The molecule has 1 atom stereocenters. The molecule has 6 aromatic rings. The predicted molar refractivity (Wildman–Crippen MR) is 247 cm³/mol. The first-order valence-corrected chi connectivity index (χ1v) is 22.5. The zero-order chi connectivity index (χ0) is 47.2. The second-order valence-electron chi connectivity index (χ2n) is 17.5. The van der Waals surface area contributed by atoms with Gasteiger partial charge >= 0.3 is 0 Å². The number of carbonyl (C=O) groups is 5. The molecule has 0 radical (unpaired) electrons. The number of rotatable bonds is 11. The summed E-state index contributed by atoms with van der Waals surface area (Å²) in [5.74, 6) is -2.56. The molecule has 0 saturated carbocycles. The van der Waals surface area contributed by atoms with E-state index in [-0.39, 0.29) is 53.5 Å². The minimum Gasteiger partial charge on any atom is -0.496 e. The van der Waals surface area contributed by atoms with E-state index < -0.39 is 41.4 Å². The van der Waals surface area contributed by atoms with Crippen LogP contribution in [-0.4, -0.2) is 118 Å². The largest absolute Gasteiger partial charge is 0.496 e. The van der Waals surface area contributed by atoms with Crippen LogP contribution in [0.2, 0.25) is 0 Å². The number of piperazine rings is 1. The number of hydrogen-bond acceptors (Lipinski definition) is 13. The molecule has 4 aromatic carbocycles. The molecule has 10 rings (SSSR count). The van der Waals surface area contributed by atoms with Gasteiger partial charge in [-0.05, 0) is 79.3 Å². The Balaban J connectivity index is 0.744. The van der Waals surface area contributed by atoms with Gasteiger partial charge in [0.2, 0.25) is 11.8 Å². The summed E-state index contributed by atoms with van der Waals surface area (Å²) in [6.07, 6.45) is 3.33. The highest BCUT2D eigenvalue weighted by molar-refractivity contribution is 6.23. The summed E-state index contributed by atoms with van der Waals surface area (Å²) < 4.78 is 36.7. The minimum absolute atomic E-state index is 0.0684. The number of hydrogen-bond donors (Lipinski definition) is 3. The van der Waals surface area contributed by atoms with Crippen LogP contribution < -0.4 is 30.9 Å². The number of methoxy groups -OCH3 is 1. The Morgan fingerprint density at radius 2 is 1.57 bits per heavy atom. The van der Waals surface area contributed by atoms with Crippen LogP contribution in [0, 0.1) is 17.6 Å². The molecule has 0 bridgehead atoms. The molecule has 348 valence electrons. The number of nitrogens with one attached hydrogen (secondary N) is 2. The van der Waals surface area contributed by atoms with Crippen LogP contribution in [0.15, 0.2) is 85.2 Å². The van der Waals surface area contributed by atoms with Crippen molar-refractivity contribution in [1.82, 2.24) is 40.2 Å². The van der Waals surface area contributed by atoms with Gasteiger partial charge in [0.1, 0.15) is 41.3 Å². The number of piperidine rings is 2. The maximum absolute atomic E-state index is 16.1. The third kappa shape index (κ3) is 8.33. The minimum atomic E-state index is -1.00. The number of imide groups is 2. The molecule has 5 amide bonds. The van der Waals surface area contributed by atoms with Gasteiger partial charge in [0.25, 0.3) is 17.7 Å². The van der Waals surface area contributed by atoms with Crippen LogP contribution in [-0.2, 0) is 16.1 Å². The summed E-state index contributed by atoms with van der Waals surface area (Å²) in [7, 11) is 1.41. The van der Waals surface area contributed by atoms with Crippen molar-refractivity contribution in [2.45, 2.75) is 38.3 Å². The summed E-state index contributed by atoms with van der Waals surface area (Å²) in [5, 5.41) is 10.4. The number of aromatic nitrogens is 4. The number of carbonyl (C=O) groups excluding carboxylic acids is 5. The number of benzene rings is 4. The van der Waals surface area contributed by atoms with Crippen molar-refractivity contribution >= 4 is 57.8 Å². The van der Waals surface area contributed by atoms with Crippen molar-refractivity contribution in [3.8, 4) is 22.7 Å². The molecular formula is C49H47F2N11O6. The maximum atomic E-state index is 16.1. The summed E-state index contributed by atoms with van der Waals surface area (Å²) >= 11 is 0. The number of anilines is 3. The Bertz CT molecular complexity index is 3000. The number of halogens is 2. The molecule has 4 N–H and O–H groups in total. The monoisotopic (exact) mass is 923 g/mol. The molecule has 0 spiro atoms. The van der Waals surface area contributed by atoms with Gasteiger partial charge in [-0.3, -0.25) is 39.1 Å². The number of nitrogens with zero attached hydrogens (tertiary/aromatic N) is 8. The van der Waals surface area contributed by atoms with E-state index in [2.05, 4.69) is 35.3 Å². The lowest BCUT2D eigenvalue weighted by molar-refractivity contribution is -0.136. The standard InChI is InChI=1S/C49H47F2N11O6/c1-68-40-12-6-31(50)22-36(40)46(64)53-25-28-2-4-30(5-3-28)43-42-44(52)54-27-55-45(42)62(57-43)33-8-10-38(37(51)24-33)60-16-14-29(15-17-60)26-58-18-20-59(21-19-58)32-7-9-34-35(23-32)49(67)61(48(34)66)39-11-13-41(63)56-47(39)65/h2-10,12,22-24,27,29,39H,11,13-21,25-26H2,1H3,(H,53,64)(H2,52,54,55)(H,56,63,65). The first-order chi connectivity index (χ1) is 32.9. The van der Waals surface area contributed by atoms with Gasteiger partial charge in [-0.15, -0.1) is 0 Å². The Morgan fingerprint density at radius 3 is 2.31 bits per heavy atom. The van der Waals surface area contributed by atoms with E-state index in [0.717, 1.165) is 67.8 Å². The lowest BCUT2D eigenvalue weighted by Crippen LogP contribution is -2.54. The fourth-order valence-electron chi connectivity index (χ4n) is 9.72. The second-order valence-corrected chi connectivity index (χ2v) is 17.5. The van der Waals surface area contributed by atoms with Gasteiger partial charge in [0.05, 0.1) is 40.6 Å². The second kappa shape index (κ2) is 18.1. The molecule has 0 aliphatic carbocycles. The summed E-state index contributed by atoms with van der Waals surface area (Å²) in [6, 6.07) is 20.4. The van der Waals surface area contributed by atoms with E-state index in [1.165, 1.54) is 31.6 Å². The van der Waals surface area contributed by atoms with E-state index in [1.54, 1.807) is 22.9 Å². The van der Waals surface area contributed by atoms with Crippen molar-refractivity contribution in [3.05, 3.63) is 119 Å². The van der Waals surface area contributed by atoms with Gasteiger partial charge < -0.3 is 25.6 Å². The lowest BCUT2D eigenvalue weighted by Gasteiger charge is -2.40. The molecule has 68 heavy (non-hydrogen) atoms. The normalized spacial score (nSPS) is 18.0. The topological polar surface area (TPSA) is 201 Å². The molecule has 2 aromatic heterocycles. The van der Waals surface area contributed by atoms with Crippen molar-refractivity contribution in [1.29, 1.82) is 0 Å². The van der Waals surface area contributed by atoms with Crippen LogP contribution in [0.3, 0.4) is 0 Å². The number of nitrogen functional groups attached to an aromatic ring is 1. The average Bonchev–Trinajstić information content (AvgIpc) is 3.86. The van der Waals surface area contributed by atoms with E-state index in [9.17, 15) is 28.4 Å². The summed E-state index contributed by atoms with van der Waals surface area (Å²) in [4.78, 5) is 79.9. The third-order valence-corrected chi connectivity index (χ3v) is 13.4. The smallest absolute Gasteiger partial charge is 0.262 e. The Hall–Kier alpha value is -7.80. The highest BCUT2D eigenvalue weighted by Gasteiger charge is 2.45. The zero-order valence-electron chi connectivity index (χ0n) is 37.1. The Morgan fingerprint density at radius 1 is 0.824 bits per heavy atom. The van der Waals surface area contributed by atoms with Gasteiger partial charge in [0, 0.05) is 76.1 Å². The molecule has 4 aliphatic heterocycles. The van der Waals surface area contributed by atoms with Crippen molar-refractivity contribution in [2.24, 2.45) is 5.92 Å². The van der Waals surface area contributed by atoms with Gasteiger partial charge in [-0.1, -0.05) is 24.3 Å². The number of amides is 5. The van der Waals surface area contributed by atoms with Crippen LogP contribution in [0.1, 0.15) is 62.3 Å². The maximum Gasteiger partial charge on any atom is 0.262 e. The molecule has 1 unspecified atom stereocenters. The number of fused-ring (bicyclic) bond motifs is 2. The molecule has 6 heterocycles. The fraction of sp³-hybridized carbons (Fsp3) is 0.306. The van der Waals surface area contributed by atoms with Gasteiger partial charge in [-0.25, -0.2) is 23.4 Å². The lowest BCUT2D eigenvalue weighted by atomic mass is 9.95. The van der Waals surface area contributed by atoms with E-state index >= 15 is 4.39 Å². The number of nitrogens with two attached hydrogens (primary N) is 1. The Kier molecular flexibility index (Phi) is 11.7. The summed E-state index contributed by atoms with van der Waals surface area (Å²) in [5.41, 5.74) is 11.2. The van der Waals surface area contributed by atoms with Gasteiger partial charge in [-0.2, -0.15) is 5.10 Å². The molecule has 3 saturated heterocycles. The highest BCUT2D eigenvalue weighted by atomic mass is 19.1. The third-order valence-electron chi connectivity index (χ3n) is 13.4. The van der Waals surface area contributed by atoms with Crippen LogP contribution in [0.25, 0.3) is 28.0 Å². The summed E-state index contributed by atoms with van der Waals surface area (Å²) in [6.45, 7) is 5.63. The van der Waals surface area contributed by atoms with Crippen molar-refractivity contribution in [3.63, 3.8) is 0 Å². The molecule has 4 aliphatic rings. The van der Waals surface area contributed by atoms with E-state index in [4.69, 9.17) is 15.6 Å². The molecule has 3 fully saturated rings. The molecule has 17 nitrogen and oxygen atoms in total. The van der Waals surface area contributed by atoms with E-state index in [0.29, 0.717) is 52.7 Å². The fourth-order valence-corrected chi connectivity index (χ4v) is 9.72. The van der Waals surface area contributed by atoms with Gasteiger partial charge in [0.15, 0.2) is 5.65 Å². The molecule has 19 heteroatoms. The predicted octanol–water partition coefficient (Wildman–Crippen LogP) is 4.72. The molecular weight excluding hydrogens is 877 g/mol.